The van der Waals surface area contributed by atoms with Gasteiger partial charge in [-0.1, -0.05) is 30.3 Å². The van der Waals surface area contributed by atoms with E-state index in [0.29, 0.717) is 5.92 Å². The maximum atomic E-state index is 12.7. The van der Waals surface area contributed by atoms with Crippen LogP contribution in [0.3, 0.4) is 0 Å². The normalized spacial score (nSPS) is 24.8. The second-order valence-corrected chi connectivity index (χ2v) is 4.71. The first-order chi connectivity index (χ1) is 7.90. The number of hydrogen-bond donors (Lipinski definition) is 1. The van der Waals surface area contributed by atoms with Gasteiger partial charge in [0.1, 0.15) is 0 Å². The summed E-state index contributed by atoms with van der Waals surface area (Å²) < 4.78 is 12.7. The van der Waals surface area contributed by atoms with Gasteiger partial charge in [0.15, 0.2) is 0 Å². The minimum absolute atomic E-state index is 0.164. The monoisotopic (exact) mass is 221 g/mol. The fourth-order valence-corrected chi connectivity index (χ4v) is 2.52. The summed E-state index contributed by atoms with van der Waals surface area (Å²) in [5.41, 5.74) is 1.39. The van der Waals surface area contributed by atoms with E-state index in [1.165, 1.54) is 12.0 Å². The maximum Gasteiger partial charge on any atom is 0.0937 e. The molecule has 1 heterocycles. The lowest BCUT2D eigenvalue weighted by molar-refractivity contribution is 0.299. The Kier molecular flexibility index (Phi) is 4.34. The Balaban J connectivity index is 1.72. The van der Waals surface area contributed by atoms with Gasteiger partial charge in [-0.25, -0.2) is 0 Å². The lowest BCUT2D eigenvalue weighted by Gasteiger charge is -2.14. The van der Waals surface area contributed by atoms with E-state index >= 15 is 0 Å². The molecule has 0 spiro atoms. The average molecular weight is 221 g/mol. The highest BCUT2D eigenvalue weighted by molar-refractivity contribution is 5.14. The summed E-state index contributed by atoms with van der Waals surface area (Å²) in [5.74, 6) is 0.810. The first-order valence-electron chi connectivity index (χ1n) is 6.20. The Hall–Kier alpha value is -0.890. The van der Waals surface area contributed by atoms with Gasteiger partial charge in [-0.15, -0.1) is 0 Å². The summed E-state index contributed by atoms with van der Waals surface area (Å²) >= 11 is 0. The number of nitrogens with one attached hydrogen (secondary N) is 1. The summed E-state index contributed by atoms with van der Waals surface area (Å²) in [5, 5.41) is 3.28. The Morgan fingerprint density at radius 2 is 1.88 bits per heavy atom. The zero-order valence-corrected chi connectivity index (χ0v) is 9.66. The van der Waals surface area contributed by atoms with Crippen LogP contribution in [0.5, 0.6) is 0 Å². The molecule has 2 rings (SSSR count). The molecule has 1 fully saturated rings. The summed E-state index contributed by atoms with van der Waals surface area (Å²) in [6.07, 6.45) is 3.44. The zero-order valence-electron chi connectivity index (χ0n) is 9.66. The van der Waals surface area contributed by atoms with Crippen LogP contribution in [-0.2, 0) is 6.42 Å². The van der Waals surface area contributed by atoms with Crippen LogP contribution in [-0.4, -0.2) is 19.8 Å². The number of halogens is 1. The van der Waals surface area contributed by atoms with Crippen LogP contribution in [0.4, 0.5) is 4.39 Å². The van der Waals surface area contributed by atoms with E-state index in [9.17, 15) is 4.39 Å². The molecule has 0 aliphatic carbocycles. The molecule has 0 saturated carbocycles. The van der Waals surface area contributed by atoms with E-state index in [1.807, 2.05) is 6.07 Å². The topological polar surface area (TPSA) is 12.0 Å². The van der Waals surface area contributed by atoms with Crippen LogP contribution in [0.25, 0.3) is 0 Å². The number of rotatable bonds is 5. The van der Waals surface area contributed by atoms with Crippen molar-refractivity contribution < 1.29 is 4.39 Å². The molecule has 1 aromatic rings. The molecule has 1 nitrogen and oxygen atoms in total. The smallest absolute Gasteiger partial charge is 0.0937 e. The molecule has 0 radical (unpaired) electrons. The van der Waals surface area contributed by atoms with Gasteiger partial charge in [0.05, 0.1) is 6.67 Å². The van der Waals surface area contributed by atoms with Crippen LogP contribution in [0.2, 0.25) is 0 Å². The summed E-state index contributed by atoms with van der Waals surface area (Å²) in [6.45, 7) is 1.71. The van der Waals surface area contributed by atoms with E-state index in [4.69, 9.17) is 0 Å². The SMILES string of the molecule is FCC1CNC[C@H]1CCCc1ccccc1. The van der Waals surface area contributed by atoms with Crippen molar-refractivity contribution in [2.24, 2.45) is 11.8 Å². The van der Waals surface area contributed by atoms with Crippen molar-refractivity contribution in [2.75, 3.05) is 19.8 Å². The highest BCUT2D eigenvalue weighted by Gasteiger charge is 2.25. The lowest BCUT2D eigenvalue weighted by atomic mass is 9.91. The van der Waals surface area contributed by atoms with Crippen LogP contribution in [0.15, 0.2) is 30.3 Å². The van der Waals surface area contributed by atoms with Gasteiger partial charge in [0.2, 0.25) is 0 Å². The standard InChI is InChI=1S/C14H20FN/c15-9-14-11-16-10-13(14)8-4-7-12-5-2-1-3-6-12/h1-3,5-6,13-14,16H,4,7-11H2/t13-,14?/m1/s1. The van der Waals surface area contributed by atoms with Crippen molar-refractivity contribution in [1.82, 2.24) is 5.32 Å². The number of hydrogen-bond acceptors (Lipinski definition) is 1. The quantitative estimate of drug-likeness (QED) is 0.806. The molecule has 1 saturated heterocycles. The fraction of sp³-hybridized carbons (Fsp3) is 0.571. The van der Waals surface area contributed by atoms with Gasteiger partial charge in [-0.05, 0) is 37.3 Å². The maximum absolute atomic E-state index is 12.7. The molecule has 0 aromatic heterocycles. The molecule has 16 heavy (non-hydrogen) atoms. The van der Waals surface area contributed by atoms with E-state index in [1.54, 1.807) is 0 Å². The number of aryl methyl sites for hydroxylation is 1. The fourth-order valence-electron chi connectivity index (χ4n) is 2.52. The van der Waals surface area contributed by atoms with Crippen molar-refractivity contribution in [3.63, 3.8) is 0 Å². The lowest BCUT2D eigenvalue weighted by Crippen LogP contribution is -2.14. The molecule has 1 aromatic carbocycles. The summed E-state index contributed by atoms with van der Waals surface area (Å²) in [7, 11) is 0. The van der Waals surface area contributed by atoms with Crippen molar-refractivity contribution in [3.05, 3.63) is 35.9 Å². The summed E-state index contributed by atoms with van der Waals surface area (Å²) in [4.78, 5) is 0. The first kappa shape index (κ1) is 11.6. The van der Waals surface area contributed by atoms with Crippen molar-refractivity contribution in [3.8, 4) is 0 Å². The van der Waals surface area contributed by atoms with Crippen LogP contribution in [0, 0.1) is 11.8 Å². The molecule has 0 amide bonds. The Labute approximate surface area is 97.1 Å². The Bertz CT molecular complexity index is 299. The second-order valence-electron chi connectivity index (χ2n) is 4.71. The van der Waals surface area contributed by atoms with Gasteiger partial charge in [0, 0.05) is 12.5 Å². The third-order valence-electron chi connectivity index (χ3n) is 3.56. The van der Waals surface area contributed by atoms with Crippen molar-refractivity contribution >= 4 is 0 Å². The molecular formula is C14H20FN. The largest absolute Gasteiger partial charge is 0.316 e. The minimum atomic E-state index is -0.164. The van der Waals surface area contributed by atoms with Crippen LogP contribution in [0.1, 0.15) is 18.4 Å². The molecule has 88 valence electrons. The third kappa shape index (κ3) is 3.05. The highest BCUT2D eigenvalue weighted by atomic mass is 19.1. The van der Waals surface area contributed by atoms with Gasteiger partial charge < -0.3 is 5.32 Å². The molecule has 0 bridgehead atoms. The van der Waals surface area contributed by atoms with E-state index < -0.39 is 0 Å². The van der Waals surface area contributed by atoms with E-state index in [2.05, 4.69) is 29.6 Å². The Morgan fingerprint density at radius 3 is 2.62 bits per heavy atom. The number of alkyl halides is 1. The van der Waals surface area contributed by atoms with Gasteiger partial charge in [0.25, 0.3) is 0 Å². The van der Waals surface area contributed by atoms with Crippen molar-refractivity contribution in [1.29, 1.82) is 0 Å². The average Bonchev–Trinajstić information content (AvgIpc) is 2.78. The van der Waals surface area contributed by atoms with Gasteiger partial charge in [-0.2, -0.15) is 0 Å². The molecular weight excluding hydrogens is 201 g/mol. The summed E-state index contributed by atoms with van der Waals surface area (Å²) in [6, 6.07) is 10.5. The van der Waals surface area contributed by atoms with Gasteiger partial charge in [-0.3, -0.25) is 4.39 Å². The molecule has 1 unspecified atom stereocenters. The first-order valence-corrected chi connectivity index (χ1v) is 6.20. The molecule has 2 atom stereocenters. The van der Waals surface area contributed by atoms with Crippen molar-refractivity contribution in [2.45, 2.75) is 19.3 Å². The van der Waals surface area contributed by atoms with Gasteiger partial charge >= 0.3 is 0 Å². The van der Waals surface area contributed by atoms with Crippen LogP contribution < -0.4 is 5.32 Å². The number of benzene rings is 1. The highest BCUT2D eigenvalue weighted by Crippen LogP contribution is 2.23. The molecule has 1 aliphatic heterocycles. The second kappa shape index (κ2) is 6.00. The van der Waals surface area contributed by atoms with Crippen LogP contribution >= 0.6 is 0 Å². The third-order valence-corrected chi connectivity index (χ3v) is 3.56. The Morgan fingerprint density at radius 1 is 1.12 bits per heavy atom. The predicted molar refractivity (Wildman–Crippen MR) is 65.2 cm³/mol. The minimum Gasteiger partial charge on any atom is -0.316 e. The zero-order chi connectivity index (χ0) is 11.2. The molecule has 2 heteroatoms. The van der Waals surface area contributed by atoms with E-state index in [0.717, 1.165) is 25.9 Å². The predicted octanol–water partition coefficient (Wildman–Crippen LogP) is 2.81. The van der Waals surface area contributed by atoms with E-state index in [-0.39, 0.29) is 12.6 Å². The molecule has 1 N–H and O–H groups in total. The molecule has 1 aliphatic rings.